The summed E-state index contributed by atoms with van der Waals surface area (Å²) >= 11 is 1.67. The third kappa shape index (κ3) is 3.27. The third-order valence-electron chi connectivity index (χ3n) is 4.29. The minimum absolute atomic E-state index is 0.00252. The number of rotatable bonds is 5. The first kappa shape index (κ1) is 16.0. The molecule has 1 unspecified atom stereocenters. The van der Waals surface area contributed by atoms with Gasteiger partial charge in [0.05, 0.1) is 12.6 Å². The summed E-state index contributed by atoms with van der Waals surface area (Å²) in [5.41, 5.74) is -1.05. The molecule has 1 saturated heterocycles. The van der Waals surface area contributed by atoms with E-state index >= 15 is 0 Å². The molecule has 2 heterocycles. The maximum absolute atomic E-state index is 12.5. The maximum atomic E-state index is 12.5. The summed E-state index contributed by atoms with van der Waals surface area (Å²) in [6.45, 7) is 4.11. The molecule has 2 rings (SSSR count). The number of hydrogen-bond donors (Lipinski definition) is 1. The summed E-state index contributed by atoms with van der Waals surface area (Å²) in [5.74, 6) is -0.920. The topological polar surface area (TPSA) is 60.9 Å². The Balaban J connectivity index is 2.04. The van der Waals surface area contributed by atoms with Gasteiger partial charge in [0.2, 0.25) is 5.91 Å². The first-order valence-corrected chi connectivity index (χ1v) is 7.99. The van der Waals surface area contributed by atoms with Crippen molar-refractivity contribution in [3.8, 4) is 0 Å². The van der Waals surface area contributed by atoms with Crippen molar-refractivity contribution in [2.75, 3.05) is 20.1 Å². The zero-order chi connectivity index (χ0) is 15.6. The molecule has 5 nitrogen and oxygen atoms in total. The molecule has 1 fully saturated rings. The van der Waals surface area contributed by atoms with Crippen LogP contribution in [-0.2, 0) is 9.59 Å². The average Bonchev–Trinajstić information content (AvgIpc) is 3.08. The molecule has 0 bridgehead atoms. The van der Waals surface area contributed by atoms with E-state index in [0.717, 1.165) is 19.4 Å². The SMILES string of the molecule is CN(CC(=O)N1CCCC1c1cccs1)C(C)(C)C(=O)O. The van der Waals surface area contributed by atoms with E-state index in [-0.39, 0.29) is 18.5 Å². The first-order chi connectivity index (χ1) is 9.84. The molecule has 0 saturated carbocycles. The zero-order valence-electron chi connectivity index (χ0n) is 12.7. The minimum atomic E-state index is -1.05. The highest BCUT2D eigenvalue weighted by Gasteiger charge is 2.36. The van der Waals surface area contributed by atoms with Gasteiger partial charge in [-0.15, -0.1) is 11.3 Å². The number of carboxylic acids is 1. The van der Waals surface area contributed by atoms with E-state index in [1.807, 2.05) is 16.3 Å². The first-order valence-electron chi connectivity index (χ1n) is 7.11. The molecule has 1 N–H and O–H groups in total. The number of likely N-dealkylation sites (N-methyl/N-ethyl adjacent to an activating group) is 1. The minimum Gasteiger partial charge on any atom is -0.480 e. The van der Waals surface area contributed by atoms with Crippen LogP contribution in [0.25, 0.3) is 0 Å². The molecular weight excluding hydrogens is 288 g/mol. The Bertz CT molecular complexity index is 513. The van der Waals surface area contributed by atoms with Gasteiger partial charge in [0.1, 0.15) is 5.54 Å². The van der Waals surface area contributed by atoms with Crippen LogP contribution in [0.3, 0.4) is 0 Å². The second-order valence-electron chi connectivity index (χ2n) is 5.98. The van der Waals surface area contributed by atoms with Gasteiger partial charge >= 0.3 is 5.97 Å². The summed E-state index contributed by atoms with van der Waals surface area (Å²) in [4.78, 5) is 28.5. The molecule has 0 spiro atoms. The van der Waals surface area contributed by atoms with E-state index in [1.165, 1.54) is 4.88 Å². The van der Waals surface area contributed by atoms with Crippen LogP contribution in [0, 0.1) is 0 Å². The normalized spacial score (nSPS) is 19.2. The van der Waals surface area contributed by atoms with Gasteiger partial charge < -0.3 is 10.0 Å². The van der Waals surface area contributed by atoms with Crippen LogP contribution >= 0.6 is 11.3 Å². The van der Waals surface area contributed by atoms with Gasteiger partial charge in [0.25, 0.3) is 0 Å². The number of amides is 1. The monoisotopic (exact) mass is 310 g/mol. The highest BCUT2D eigenvalue weighted by atomic mass is 32.1. The van der Waals surface area contributed by atoms with E-state index in [9.17, 15) is 14.7 Å². The van der Waals surface area contributed by atoms with Gasteiger partial charge in [0.15, 0.2) is 0 Å². The molecule has 6 heteroatoms. The third-order valence-corrected chi connectivity index (χ3v) is 5.27. The number of carbonyl (C=O) groups is 2. The molecule has 1 aliphatic heterocycles. The maximum Gasteiger partial charge on any atom is 0.323 e. The Morgan fingerprint density at radius 3 is 2.81 bits per heavy atom. The molecule has 1 aromatic heterocycles. The zero-order valence-corrected chi connectivity index (χ0v) is 13.5. The smallest absolute Gasteiger partial charge is 0.323 e. The number of carbonyl (C=O) groups excluding carboxylic acids is 1. The van der Waals surface area contributed by atoms with E-state index in [1.54, 1.807) is 37.1 Å². The molecule has 0 aromatic carbocycles. The average molecular weight is 310 g/mol. The van der Waals surface area contributed by atoms with Crippen LogP contribution in [0.1, 0.15) is 37.6 Å². The van der Waals surface area contributed by atoms with Crippen LogP contribution in [0.5, 0.6) is 0 Å². The lowest BCUT2D eigenvalue weighted by Gasteiger charge is -2.33. The predicted molar refractivity (Wildman–Crippen MR) is 82.4 cm³/mol. The second kappa shape index (κ2) is 6.15. The molecule has 21 heavy (non-hydrogen) atoms. The Hall–Kier alpha value is -1.40. The van der Waals surface area contributed by atoms with E-state index < -0.39 is 11.5 Å². The van der Waals surface area contributed by atoms with Crippen molar-refractivity contribution in [1.29, 1.82) is 0 Å². The van der Waals surface area contributed by atoms with Crippen LogP contribution in [0.4, 0.5) is 0 Å². The molecule has 1 aromatic rings. The summed E-state index contributed by atoms with van der Waals surface area (Å²) < 4.78 is 0. The fourth-order valence-corrected chi connectivity index (χ4v) is 3.37. The van der Waals surface area contributed by atoms with Crippen molar-refractivity contribution in [2.24, 2.45) is 0 Å². The summed E-state index contributed by atoms with van der Waals surface area (Å²) in [5, 5.41) is 11.3. The molecule has 1 aliphatic rings. The lowest BCUT2D eigenvalue weighted by atomic mass is 10.0. The van der Waals surface area contributed by atoms with Crippen molar-refractivity contribution in [3.63, 3.8) is 0 Å². The van der Waals surface area contributed by atoms with Gasteiger partial charge in [-0.2, -0.15) is 0 Å². The van der Waals surface area contributed by atoms with E-state index in [2.05, 4.69) is 6.07 Å². The second-order valence-corrected chi connectivity index (χ2v) is 6.96. The van der Waals surface area contributed by atoms with E-state index in [0.29, 0.717) is 0 Å². The van der Waals surface area contributed by atoms with Crippen molar-refractivity contribution >= 4 is 23.2 Å². The van der Waals surface area contributed by atoms with Crippen LogP contribution in [0.2, 0.25) is 0 Å². The van der Waals surface area contributed by atoms with Crippen molar-refractivity contribution in [2.45, 2.75) is 38.3 Å². The summed E-state index contributed by atoms with van der Waals surface area (Å²) in [6.07, 6.45) is 1.98. The van der Waals surface area contributed by atoms with Crippen LogP contribution < -0.4 is 0 Å². The number of nitrogens with zero attached hydrogens (tertiary/aromatic N) is 2. The lowest BCUT2D eigenvalue weighted by molar-refractivity contribution is -0.150. The number of hydrogen-bond acceptors (Lipinski definition) is 4. The fourth-order valence-electron chi connectivity index (χ4n) is 2.50. The van der Waals surface area contributed by atoms with Gasteiger partial charge in [-0.1, -0.05) is 6.07 Å². The number of carboxylic acid groups (broad SMARTS) is 1. The number of likely N-dealkylation sites (tertiary alicyclic amines) is 1. The van der Waals surface area contributed by atoms with Crippen molar-refractivity contribution in [3.05, 3.63) is 22.4 Å². The molecule has 116 valence electrons. The lowest BCUT2D eigenvalue weighted by Crippen LogP contribution is -2.51. The van der Waals surface area contributed by atoms with E-state index in [4.69, 9.17) is 0 Å². The number of thiophene rings is 1. The van der Waals surface area contributed by atoms with Crippen molar-refractivity contribution in [1.82, 2.24) is 9.80 Å². The Kier molecular flexibility index (Phi) is 4.68. The van der Waals surface area contributed by atoms with Gasteiger partial charge in [0, 0.05) is 11.4 Å². The van der Waals surface area contributed by atoms with Crippen LogP contribution in [-0.4, -0.2) is 52.5 Å². The quantitative estimate of drug-likeness (QED) is 0.906. The summed E-state index contributed by atoms with van der Waals surface area (Å²) in [7, 11) is 1.68. The Morgan fingerprint density at radius 1 is 1.52 bits per heavy atom. The Labute approximate surface area is 129 Å². The predicted octanol–water partition coefficient (Wildman–Crippen LogP) is 2.21. The number of aliphatic carboxylic acids is 1. The van der Waals surface area contributed by atoms with Gasteiger partial charge in [-0.05, 0) is 45.2 Å². The molecule has 1 amide bonds. The standard InChI is InChI=1S/C15H22N2O3S/c1-15(2,14(19)20)16(3)10-13(18)17-8-4-6-11(17)12-7-5-9-21-12/h5,7,9,11H,4,6,8,10H2,1-3H3,(H,19,20). The Morgan fingerprint density at radius 2 is 2.24 bits per heavy atom. The van der Waals surface area contributed by atoms with Crippen molar-refractivity contribution < 1.29 is 14.7 Å². The van der Waals surface area contributed by atoms with Gasteiger partial charge in [-0.25, -0.2) is 0 Å². The molecule has 1 atom stereocenters. The molecule has 0 radical (unpaired) electrons. The van der Waals surface area contributed by atoms with Crippen LogP contribution in [0.15, 0.2) is 17.5 Å². The summed E-state index contributed by atoms with van der Waals surface area (Å²) in [6, 6.07) is 4.21. The highest BCUT2D eigenvalue weighted by molar-refractivity contribution is 7.10. The highest BCUT2D eigenvalue weighted by Crippen LogP contribution is 2.34. The van der Waals surface area contributed by atoms with Gasteiger partial charge in [-0.3, -0.25) is 14.5 Å². The molecule has 0 aliphatic carbocycles. The fraction of sp³-hybridized carbons (Fsp3) is 0.600. The molecular formula is C15H22N2O3S. The largest absolute Gasteiger partial charge is 0.480 e.